The standard InChI is InChI=1S/C25H27FN4O2/c1-17-5-4-6-23(18(17)2)32-19(3)25(31)30-15-13-29(14-16-30)24-12-11-22(27-28-24)20-7-9-21(26)10-8-20/h4-12,19H,13-16H2,1-3H3. The van der Waals surface area contributed by atoms with E-state index in [1.807, 2.05) is 49.1 Å². The molecule has 2 aromatic carbocycles. The van der Waals surface area contributed by atoms with Crippen LogP contribution in [0, 0.1) is 19.7 Å². The topological polar surface area (TPSA) is 58.6 Å². The maximum atomic E-state index is 13.1. The highest BCUT2D eigenvalue weighted by Crippen LogP contribution is 2.23. The number of carbonyl (C=O) groups excluding carboxylic acids is 1. The van der Waals surface area contributed by atoms with Crippen molar-refractivity contribution in [2.45, 2.75) is 26.9 Å². The Hall–Kier alpha value is -3.48. The molecule has 1 aromatic heterocycles. The number of piperazine rings is 1. The molecule has 1 fully saturated rings. The normalized spacial score (nSPS) is 14.9. The summed E-state index contributed by atoms with van der Waals surface area (Å²) in [6.07, 6.45) is -0.545. The number of nitrogens with zero attached hydrogens (tertiary/aromatic N) is 4. The first kappa shape index (κ1) is 21.7. The fourth-order valence-electron chi connectivity index (χ4n) is 3.77. The summed E-state index contributed by atoms with van der Waals surface area (Å²) in [6, 6.07) is 15.9. The fourth-order valence-corrected chi connectivity index (χ4v) is 3.77. The number of benzene rings is 2. The molecule has 1 saturated heterocycles. The fraction of sp³-hybridized carbons (Fsp3) is 0.320. The van der Waals surface area contributed by atoms with E-state index in [4.69, 9.17) is 4.74 Å². The van der Waals surface area contributed by atoms with E-state index in [2.05, 4.69) is 15.1 Å². The van der Waals surface area contributed by atoms with E-state index in [9.17, 15) is 9.18 Å². The summed E-state index contributed by atoms with van der Waals surface area (Å²) in [5, 5.41) is 8.62. The van der Waals surface area contributed by atoms with Crippen molar-refractivity contribution in [1.29, 1.82) is 0 Å². The summed E-state index contributed by atoms with van der Waals surface area (Å²) in [6.45, 7) is 8.38. The molecule has 0 aliphatic carbocycles. The summed E-state index contributed by atoms with van der Waals surface area (Å²) in [7, 11) is 0. The second-order valence-corrected chi connectivity index (χ2v) is 8.05. The molecule has 0 N–H and O–H groups in total. The van der Waals surface area contributed by atoms with Crippen molar-refractivity contribution in [3.8, 4) is 17.0 Å². The molecule has 0 bridgehead atoms. The van der Waals surface area contributed by atoms with E-state index in [1.54, 1.807) is 19.1 Å². The number of hydrogen-bond acceptors (Lipinski definition) is 5. The van der Waals surface area contributed by atoms with Gasteiger partial charge in [-0.3, -0.25) is 4.79 Å². The Labute approximate surface area is 187 Å². The van der Waals surface area contributed by atoms with Gasteiger partial charge in [-0.15, -0.1) is 10.2 Å². The lowest BCUT2D eigenvalue weighted by Gasteiger charge is -2.36. The molecule has 3 aromatic rings. The number of halogens is 1. The first-order chi connectivity index (χ1) is 15.4. The van der Waals surface area contributed by atoms with Crippen LogP contribution in [0.25, 0.3) is 11.3 Å². The molecular formula is C25H27FN4O2. The van der Waals surface area contributed by atoms with Gasteiger partial charge < -0.3 is 14.5 Å². The van der Waals surface area contributed by atoms with Crippen LogP contribution in [0.1, 0.15) is 18.1 Å². The monoisotopic (exact) mass is 434 g/mol. The molecule has 0 radical (unpaired) electrons. The molecule has 166 valence electrons. The van der Waals surface area contributed by atoms with Gasteiger partial charge in [0.05, 0.1) is 5.69 Å². The molecule has 1 aliphatic rings. The van der Waals surface area contributed by atoms with Gasteiger partial charge in [0.15, 0.2) is 11.9 Å². The van der Waals surface area contributed by atoms with Gasteiger partial charge in [0.25, 0.3) is 5.91 Å². The lowest BCUT2D eigenvalue weighted by molar-refractivity contribution is -0.138. The second kappa shape index (κ2) is 9.34. The number of anilines is 1. The van der Waals surface area contributed by atoms with Crippen LogP contribution in [0.5, 0.6) is 5.75 Å². The van der Waals surface area contributed by atoms with Gasteiger partial charge in [-0.2, -0.15) is 0 Å². The highest BCUT2D eigenvalue weighted by molar-refractivity contribution is 5.81. The molecule has 2 heterocycles. The predicted molar refractivity (Wildman–Crippen MR) is 122 cm³/mol. The average Bonchev–Trinajstić information content (AvgIpc) is 2.82. The number of amides is 1. The smallest absolute Gasteiger partial charge is 0.263 e. The van der Waals surface area contributed by atoms with Gasteiger partial charge in [-0.25, -0.2) is 4.39 Å². The SMILES string of the molecule is Cc1cccc(OC(C)C(=O)N2CCN(c3ccc(-c4ccc(F)cc4)nn3)CC2)c1C. The zero-order valence-electron chi connectivity index (χ0n) is 18.6. The molecule has 1 aliphatic heterocycles. The Kier molecular flexibility index (Phi) is 6.35. The third-order valence-electron chi connectivity index (χ3n) is 5.91. The van der Waals surface area contributed by atoms with Gasteiger partial charge in [-0.05, 0) is 74.4 Å². The third kappa shape index (κ3) is 4.72. The van der Waals surface area contributed by atoms with Crippen molar-refractivity contribution in [2.24, 2.45) is 0 Å². The Morgan fingerprint density at radius 1 is 0.969 bits per heavy atom. The maximum absolute atomic E-state index is 13.1. The molecule has 1 amide bonds. The quantitative estimate of drug-likeness (QED) is 0.607. The van der Waals surface area contributed by atoms with Crippen LogP contribution < -0.4 is 9.64 Å². The molecule has 0 saturated carbocycles. The molecule has 0 spiro atoms. The van der Waals surface area contributed by atoms with Crippen LogP contribution in [0.4, 0.5) is 10.2 Å². The minimum atomic E-state index is -0.545. The molecular weight excluding hydrogens is 407 g/mol. The molecule has 1 atom stereocenters. The average molecular weight is 435 g/mol. The third-order valence-corrected chi connectivity index (χ3v) is 5.91. The highest BCUT2D eigenvalue weighted by atomic mass is 19.1. The Morgan fingerprint density at radius 2 is 1.69 bits per heavy atom. The van der Waals surface area contributed by atoms with Crippen molar-refractivity contribution in [3.05, 3.63) is 71.5 Å². The number of carbonyl (C=O) groups is 1. The van der Waals surface area contributed by atoms with Crippen molar-refractivity contribution >= 4 is 11.7 Å². The van der Waals surface area contributed by atoms with E-state index in [0.29, 0.717) is 31.9 Å². The van der Waals surface area contributed by atoms with Gasteiger partial charge in [-0.1, -0.05) is 12.1 Å². The molecule has 7 heteroatoms. The van der Waals surface area contributed by atoms with Crippen LogP contribution in [-0.4, -0.2) is 53.3 Å². The van der Waals surface area contributed by atoms with Crippen LogP contribution in [0.3, 0.4) is 0 Å². The predicted octanol–water partition coefficient (Wildman–Crippen LogP) is 4.02. The van der Waals surface area contributed by atoms with E-state index in [0.717, 1.165) is 28.3 Å². The van der Waals surface area contributed by atoms with Gasteiger partial charge in [0.2, 0.25) is 0 Å². The number of hydrogen-bond donors (Lipinski definition) is 0. The first-order valence-electron chi connectivity index (χ1n) is 10.8. The highest BCUT2D eigenvalue weighted by Gasteiger charge is 2.27. The van der Waals surface area contributed by atoms with Gasteiger partial charge >= 0.3 is 0 Å². The van der Waals surface area contributed by atoms with Crippen LogP contribution in [-0.2, 0) is 4.79 Å². The zero-order chi connectivity index (χ0) is 22.7. The van der Waals surface area contributed by atoms with E-state index >= 15 is 0 Å². The van der Waals surface area contributed by atoms with E-state index in [1.165, 1.54) is 12.1 Å². The summed E-state index contributed by atoms with van der Waals surface area (Å²) >= 11 is 0. The van der Waals surface area contributed by atoms with Crippen molar-refractivity contribution in [3.63, 3.8) is 0 Å². The zero-order valence-corrected chi connectivity index (χ0v) is 18.6. The van der Waals surface area contributed by atoms with Gasteiger partial charge in [0.1, 0.15) is 11.6 Å². The van der Waals surface area contributed by atoms with Crippen LogP contribution in [0.2, 0.25) is 0 Å². The van der Waals surface area contributed by atoms with Crippen LogP contribution in [0.15, 0.2) is 54.6 Å². The first-order valence-corrected chi connectivity index (χ1v) is 10.8. The Balaban J connectivity index is 1.33. The largest absolute Gasteiger partial charge is 0.481 e. The molecule has 32 heavy (non-hydrogen) atoms. The minimum absolute atomic E-state index is 0.0108. The number of ether oxygens (including phenoxy) is 1. The summed E-state index contributed by atoms with van der Waals surface area (Å²) in [5.41, 5.74) is 3.71. The summed E-state index contributed by atoms with van der Waals surface area (Å²) in [5.74, 6) is 1.23. The maximum Gasteiger partial charge on any atom is 0.263 e. The second-order valence-electron chi connectivity index (χ2n) is 8.05. The van der Waals surface area contributed by atoms with Crippen molar-refractivity contribution < 1.29 is 13.9 Å². The lowest BCUT2D eigenvalue weighted by atomic mass is 10.1. The van der Waals surface area contributed by atoms with E-state index in [-0.39, 0.29) is 11.7 Å². The summed E-state index contributed by atoms with van der Waals surface area (Å²) in [4.78, 5) is 16.8. The Morgan fingerprint density at radius 3 is 2.34 bits per heavy atom. The summed E-state index contributed by atoms with van der Waals surface area (Å²) < 4.78 is 19.1. The number of aromatic nitrogens is 2. The van der Waals surface area contributed by atoms with Crippen molar-refractivity contribution in [2.75, 3.05) is 31.1 Å². The molecule has 6 nitrogen and oxygen atoms in total. The minimum Gasteiger partial charge on any atom is -0.481 e. The van der Waals surface area contributed by atoms with E-state index < -0.39 is 6.10 Å². The number of aryl methyl sites for hydroxylation is 1. The molecule has 4 rings (SSSR count). The Bertz CT molecular complexity index is 1080. The molecule has 1 unspecified atom stereocenters. The van der Waals surface area contributed by atoms with Gasteiger partial charge in [0, 0.05) is 31.7 Å². The lowest BCUT2D eigenvalue weighted by Crippen LogP contribution is -2.52. The van der Waals surface area contributed by atoms with Crippen LogP contribution >= 0.6 is 0 Å². The van der Waals surface area contributed by atoms with Crippen molar-refractivity contribution in [1.82, 2.24) is 15.1 Å². The number of rotatable bonds is 5.